The summed E-state index contributed by atoms with van der Waals surface area (Å²) in [7, 11) is 0. The van der Waals surface area contributed by atoms with Crippen molar-refractivity contribution in [2.24, 2.45) is 0 Å². The zero-order chi connectivity index (χ0) is 14.5. The highest BCUT2D eigenvalue weighted by Crippen LogP contribution is 2.19. The first-order valence-electron chi connectivity index (χ1n) is 5.63. The molecule has 2 rings (SSSR count). The molecule has 0 radical (unpaired) electrons. The van der Waals surface area contributed by atoms with Gasteiger partial charge in [0.2, 0.25) is 0 Å². The molecule has 0 aliphatic rings. The third kappa shape index (κ3) is 3.70. The van der Waals surface area contributed by atoms with E-state index in [1.54, 1.807) is 36.4 Å². The number of nitrogens with one attached hydrogen (secondary N) is 1. The lowest BCUT2D eigenvalue weighted by molar-refractivity contribution is 0.0698. The number of aromatic carboxylic acids is 1. The molecular weight excluding hydrogens is 373 g/mol. The summed E-state index contributed by atoms with van der Waals surface area (Å²) in [6.07, 6.45) is -0.736. The maximum absolute atomic E-state index is 11.7. The number of ether oxygens (including phenoxy) is 1. The molecule has 0 fully saturated rings. The number of anilines is 1. The summed E-state index contributed by atoms with van der Waals surface area (Å²) in [5.74, 6) is -0.731. The molecule has 20 heavy (non-hydrogen) atoms. The molecule has 0 aromatic heterocycles. The summed E-state index contributed by atoms with van der Waals surface area (Å²) in [4.78, 5) is 22.8. The molecule has 6 heteroatoms. The summed E-state index contributed by atoms with van der Waals surface area (Å²) < 4.78 is 5.80. The lowest BCUT2D eigenvalue weighted by atomic mass is 10.2. The normalized spacial score (nSPS) is 9.85. The Hall–Kier alpha value is -2.09. The fraction of sp³-hybridized carbons (Fsp3) is 0. The number of rotatable bonds is 3. The second kappa shape index (κ2) is 6.38. The monoisotopic (exact) mass is 383 g/mol. The number of carbonyl (C=O) groups is 2. The average Bonchev–Trinajstić information content (AvgIpc) is 2.41. The zero-order valence-electron chi connectivity index (χ0n) is 10.2. The molecule has 2 aromatic carbocycles. The Morgan fingerprint density at radius 3 is 2.45 bits per heavy atom. The van der Waals surface area contributed by atoms with Gasteiger partial charge in [-0.05, 0) is 52.9 Å². The van der Waals surface area contributed by atoms with Gasteiger partial charge in [-0.25, -0.2) is 9.59 Å². The molecule has 102 valence electrons. The van der Waals surface area contributed by atoms with E-state index < -0.39 is 12.1 Å². The smallest absolute Gasteiger partial charge is 0.417 e. The van der Waals surface area contributed by atoms with E-state index in [4.69, 9.17) is 9.84 Å². The van der Waals surface area contributed by atoms with Crippen LogP contribution < -0.4 is 10.1 Å². The van der Waals surface area contributed by atoms with Gasteiger partial charge in [-0.15, -0.1) is 0 Å². The van der Waals surface area contributed by atoms with E-state index in [9.17, 15) is 9.59 Å². The molecule has 0 heterocycles. The van der Waals surface area contributed by atoms with E-state index in [2.05, 4.69) is 5.32 Å². The molecule has 0 aliphatic carbocycles. The molecule has 0 unspecified atom stereocenters. The Kier molecular flexibility index (Phi) is 4.57. The van der Waals surface area contributed by atoms with Crippen molar-refractivity contribution < 1.29 is 19.4 Å². The van der Waals surface area contributed by atoms with Crippen molar-refractivity contribution in [2.45, 2.75) is 0 Å². The molecule has 2 aromatic rings. The third-order valence-corrected chi connectivity index (χ3v) is 3.07. The summed E-state index contributed by atoms with van der Waals surface area (Å²) in [6, 6.07) is 13.2. The minimum Gasteiger partial charge on any atom is -0.478 e. The van der Waals surface area contributed by atoms with Crippen molar-refractivity contribution in [1.82, 2.24) is 0 Å². The minimum atomic E-state index is -1.11. The molecule has 0 saturated carbocycles. The van der Waals surface area contributed by atoms with Crippen LogP contribution in [0.25, 0.3) is 0 Å². The number of hydrogen-bond donors (Lipinski definition) is 2. The van der Waals surface area contributed by atoms with E-state index in [1.165, 1.54) is 12.1 Å². The van der Waals surface area contributed by atoms with Crippen molar-refractivity contribution in [3.05, 3.63) is 57.7 Å². The van der Waals surface area contributed by atoms with E-state index in [0.29, 0.717) is 5.75 Å². The third-order valence-electron chi connectivity index (χ3n) is 2.40. The average molecular weight is 383 g/mol. The van der Waals surface area contributed by atoms with Crippen molar-refractivity contribution in [2.75, 3.05) is 5.32 Å². The molecule has 2 N–H and O–H groups in total. The Morgan fingerprint density at radius 2 is 1.80 bits per heavy atom. The maximum Gasteiger partial charge on any atom is 0.417 e. The van der Waals surface area contributed by atoms with Gasteiger partial charge < -0.3 is 9.84 Å². The number of benzene rings is 2. The van der Waals surface area contributed by atoms with Gasteiger partial charge >= 0.3 is 12.1 Å². The van der Waals surface area contributed by atoms with Crippen LogP contribution >= 0.6 is 22.6 Å². The highest BCUT2D eigenvalue weighted by molar-refractivity contribution is 14.1. The van der Waals surface area contributed by atoms with Crippen LogP contribution in [0, 0.1) is 3.57 Å². The fourth-order valence-corrected chi connectivity index (χ4v) is 2.02. The Morgan fingerprint density at radius 1 is 1.10 bits per heavy atom. The van der Waals surface area contributed by atoms with Crippen LogP contribution in [0.15, 0.2) is 48.5 Å². The first-order chi connectivity index (χ1) is 9.56. The summed E-state index contributed by atoms with van der Waals surface area (Å²) >= 11 is 2.00. The topological polar surface area (TPSA) is 75.6 Å². The van der Waals surface area contributed by atoms with Crippen LogP contribution in [0.5, 0.6) is 5.75 Å². The zero-order valence-corrected chi connectivity index (χ0v) is 12.3. The van der Waals surface area contributed by atoms with Gasteiger partial charge in [0, 0.05) is 3.57 Å². The van der Waals surface area contributed by atoms with Crippen LogP contribution in [0.4, 0.5) is 10.5 Å². The van der Waals surface area contributed by atoms with Crippen LogP contribution in [-0.2, 0) is 0 Å². The summed E-state index contributed by atoms with van der Waals surface area (Å²) in [5, 5.41) is 11.5. The van der Waals surface area contributed by atoms with Gasteiger partial charge in [0.05, 0.1) is 11.3 Å². The van der Waals surface area contributed by atoms with Crippen molar-refractivity contribution >= 4 is 40.3 Å². The maximum atomic E-state index is 11.7. The molecule has 0 bridgehead atoms. The predicted octanol–water partition coefficient (Wildman–Crippen LogP) is 3.60. The van der Waals surface area contributed by atoms with Gasteiger partial charge in [0.1, 0.15) is 5.75 Å². The van der Waals surface area contributed by atoms with E-state index in [-0.39, 0.29) is 11.3 Å². The minimum absolute atomic E-state index is 0.0157. The van der Waals surface area contributed by atoms with Crippen LogP contribution in [0.3, 0.4) is 0 Å². The van der Waals surface area contributed by atoms with Gasteiger partial charge in [-0.3, -0.25) is 5.32 Å². The van der Waals surface area contributed by atoms with Crippen molar-refractivity contribution in [1.29, 1.82) is 0 Å². The molecular formula is C14H10INO4. The largest absolute Gasteiger partial charge is 0.478 e. The van der Waals surface area contributed by atoms with Crippen LogP contribution in [0.1, 0.15) is 10.4 Å². The Balaban J connectivity index is 2.14. The summed E-state index contributed by atoms with van der Waals surface area (Å²) in [6.45, 7) is 0. The lowest BCUT2D eigenvalue weighted by Crippen LogP contribution is -2.18. The van der Waals surface area contributed by atoms with E-state index in [1.807, 2.05) is 22.6 Å². The summed E-state index contributed by atoms with van der Waals surface area (Å²) in [5.41, 5.74) is 0.209. The highest BCUT2D eigenvalue weighted by atomic mass is 127. The lowest BCUT2D eigenvalue weighted by Gasteiger charge is -2.09. The van der Waals surface area contributed by atoms with Crippen molar-refractivity contribution in [3.8, 4) is 5.75 Å². The highest BCUT2D eigenvalue weighted by Gasteiger charge is 2.14. The first kappa shape index (κ1) is 14.3. The standard InChI is InChI=1S/C14H10INO4/c15-9-6-7-12(11(8-9)13(17)18)16-14(19)20-10-4-2-1-3-5-10/h1-8H,(H,16,19)(H,17,18). The molecule has 1 amide bonds. The molecule has 5 nitrogen and oxygen atoms in total. The number of carboxylic acid groups (broad SMARTS) is 1. The SMILES string of the molecule is O=C(Nc1ccc(I)cc1C(=O)O)Oc1ccccc1. The first-order valence-corrected chi connectivity index (χ1v) is 6.71. The molecule has 0 atom stereocenters. The number of amides is 1. The number of carboxylic acids is 1. The predicted molar refractivity (Wildman–Crippen MR) is 82.2 cm³/mol. The Bertz CT molecular complexity index is 643. The molecule has 0 saturated heterocycles. The van der Waals surface area contributed by atoms with E-state index in [0.717, 1.165) is 3.57 Å². The quantitative estimate of drug-likeness (QED) is 0.795. The number of hydrogen-bond acceptors (Lipinski definition) is 3. The van der Waals surface area contributed by atoms with Gasteiger partial charge in [0.15, 0.2) is 0 Å². The van der Waals surface area contributed by atoms with Gasteiger partial charge in [-0.2, -0.15) is 0 Å². The van der Waals surface area contributed by atoms with Crippen molar-refractivity contribution in [3.63, 3.8) is 0 Å². The molecule has 0 spiro atoms. The van der Waals surface area contributed by atoms with Gasteiger partial charge in [0.25, 0.3) is 0 Å². The molecule has 0 aliphatic heterocycles. The second-order valence-corrected chi connectivity index (χ2v) is 5.07. The van der Waals surface area contributed by atoms with Crippen LogP contribution in [-0.4, -0.2) is 17.2 Å². The second-order valence-electron chi connectivity index (χ2n) is 3.82. The fourth-order valence-electron chi connectivity index (χ4n) is 1.53. The van der Waals surface area contributed by atoms with Gasteiger partial charge in [-0.1, -0.05) is 18.2 Å². The van der Waals surface area contributed by atoms with Crippen LogP contribution in [0.2, 0.25) is 0 Å². The Labute approximate surface area is 128 Å². The number of carbonyl (C=O) groups excluding carboxylic acids is 1. The van der Waals surface area contributed by atoms with E-state index >= 15 is 0 Å². The number of halogens is 1. The number of para-hydroxylation sites is 1.